The van der Waals surface area contributed by atoms with Crippen molar-refractivity contribution in [3.8, 4) is 11.1 Å². The van der Waals surface area contributed by atoms with Gasteiger partial charge in [-0.25, -0.2) is 4.39 Å². The van der Waals surface area contributed by atoms with Crippen LogP contribution in [0.1, 0.15) is 74.9 Å². The molecule has 2 atom stereocenters. The van der Waals surface area contributed by atoms with Crippen LogP contribution in [0, 0.1) is 5.82 Å². The summed E-state index contributed by atoms with van der Waals surface area (Å²) in [6, 6.07) is 6.42. The summed E-state index contributed by atoms with van der Waals surface area (Å²) in [6.07, 6.45) is 2.88. The number of cyclic esters (lactones) is 1. The van der Waals surface area contributed by atoms with E-state index in [9.17, 15) is 14.3 Å². The molecule has 0 amide bonds. The van der Waals surface area contributed by atoms with E-state index in [4.69, 9.17) is 14.5 Å². The van der Waals surface area contributed by atoms with Gasteiger partial charge in [-0.1, -0.05) is 45.9 Å². The van der Waals surface area contributed by atoms with Gasteiger partial charge >= 0.3 is 5.97 Å². The molecule has 2 aromatic rings. The average molecular weight is 442 g/mol. The van der Waals surface area contributed by atoms with Gasteiger partial charge in [-0.3, -0.25) is 9.78 Å². The highest BCUT2D eigenvalue weighted by Gasteiger charge is 2.27. The summed E-state index contributed by atoms with van der Waals surface area (Å²) in [5, 5.41) is 9.96. The zero-order chi connectivity index (χ0) is 23.4. The number of aliphatic hydroxyl groups excluding tert-OH is 1. The van der Waals surface area contributed by atoms with E-state index in [-0.39, 0.29) is 24.1 Å². The fourth-order valence-electron chi connectivity index (χ4n) is 4.13. The largest absolute Gasteiger partial charge is 0.458 e. The summed E-state index contributed by atoms with van der Waals surface area (Å²) in [4.78, 5) is 16.8. The number of ether oxygens (including phenoxy) is 2. The summed E-state index contributed by atoms with van der Waals surface area (Å²) in [5.74, 6) is -0.411. The molecule has 2 heterocycles. The van der Waals surface area contributed by atoms with Gasteiger partial charge in [-0.05, 0) is 41.2 Å². The molecule has 1 N–H and O–H groups in total. The van der Waals surface area contributed by atoms with Crippen molar-refractivity contribution in [2.45, 2.75) is 71.2 Å². The molecule has 1 aliphatic heterocycles. The zero-order valence-corrected chi connectivity index (χ0v) is 19.4. The maximum Gasteiger partial charge on any atom is 0.309 e. The van der Waals surface area contributed by atoms with Crippen molar-refractivity contribution >= 4 is 12.0 Å². The minimum Gasteiger partial charge on any atom is -0.458 e. The highest BCUT2D eigenvalue weighted by molar-refractivity contribution is 5.80. The van der Waals surface area contributed by atoms with E-state index in [1.54, 1.807) is 19.2 Å². The Balaban J connectivity index is 2.24. The third kappa shape index (κ3) is 5.43. The molecule has 32 heavy (non-hydrogen) atoms. The molecule has 6 heteroatoms. The molecule has 1 aromatic heterocycles. The zero-order valence-electron chi connectivity index (χ0n) is 19.4. The van der Waals surface area contributed by atoms with Crippen LogP contribution in [0.4, 0.5) is 4.39 Å². The van der Waals surface area contributed by atoms with Crippen LogP contribution >= 0.6 is 0 Å². The Morgan fingerprint density at radius 1 is 1.19 bits per heavy atom. The predicted octanol–water partition coefficient (Wildman–Crippen LogP) is 5.36. The topological polar surface area (TPSA) is 68.7 Å². The number of methoxy groups -OCH3 is 1. The molecule has 0 saturated carbocycles. The maximum atomic E-state index is 13.7. The van der Waals surface area contributed by atoms with Crippen molar-refractivity contribution in [3.63, 3.8) is 0 Å². The van der Waals surface area contributed by atoms with E-state index in [1.807, 2.05) is 12.2 Å². The number of hydrogen-bond donors (Lipinski definition) is 1. The molecule has 0 unspecified atom stereocenters. The molecule has 0 aliphatic carbocycles. The predicted molar refractivity (Wildman–Crippen MR) is 123 cm³/mol. The molecule has 1 aliphatic rings. The lowest BCUT2D eigenvalue weighted by Crippen LogP contribution is -2.31. The summed E-state index contributed by atoms with van der Waals surface area (Å²) in [6.45, 7) is 8.72. The molecule has 3 rings (SSSR count). The van der Waals surface area contributed by atoms with Crippen LogP contribution in [-0.4, -0.2) is 35.4 Å². The van der Waals surface area contributed by atoms with Crippen LogP contribution in [0.25, 0.3) is 17.2 Å². The third-order valence-corrected chi connectivity index (χ3v) is 5.58. The van der Waals surface area contributed by atoms with Crippen molar-refractivity contribution in [2.75, 3.05) is 7.11 Å². The Morgan fingerprint density at radius 3 is 2.41 bits per heavy atom. The Bertz CT molecular complexity index is 982. The van der Waals surface area contributed by atoms with Gasteiger partial charge in [0.15, 0.2) is 0 Å². The number of carbonyl (C=O) groups excluding carboxylic acids is 1. The lowest BCUT2D eigenvalue weighted by molar-refractivity contribution is -0.156. The first-order valence-corrected chi connectivity index (χ1v) is 11.1. The number of hydrogen-bond acceptors (Lipinski definition) is 5. The van der Waals surface area contributed by atoms with E-state index in [0.717, 1.165) is 33.6 Å². The van der Waals surface area contributed by atoms with Gasteiger partial charge in [-0.2, -0.15) is 0 Å². The fourth-order valence-corrected chi connectivity index (χ4v) is 4.13. The van der Waals surface area contributed by atoms with E-state index in [2.05, 4.69) is 27.7 Å². The first-order chi connectivity index (χ1) is 15.2. The number of carbonyl (C=O) groups is 1. The normalized spacial score (nSPS) is 19.2. The first-order valence-electron chi connectivity index (χ1n) is 11.1. The Hall–Kier alpha value is -2.57. The number of nitrogens with zero attached hydrogens (tertiary/aromatic N) is 1. The van der Waals surface area contributed by atoms with E-state index >= 15 is 0 Å². The minimum absolute atomic E-state index is 0.0189. The Labute approximate surface area is 189 Å². The van der Waals surface area contributed by atoms with E-state index < -0.39 is 18.2 Å². The average Bonchev–Trinajstić information content (AvgIpc) is 2.72. The fraction of sp³-hybridized carbons (Fsp3) is 0.462. The maximum absolute atomic E-state index is 13.7. The smallest absolute Gasteiger partial charge is 0.309 e. The molecular weight excluding hydrogens is 409 g/mol. The van der Waals surface area contributed by atoms with Gasteiger partial charge in [0.25, 0.3) is 0 Å². The SMILES string of the molecule is COCc1c(C(C)C)nc(C(C)C)c(/C=C/[C@H]2C[C@H](O)CC(=O)O2)c1-c1ccc(F)cc1. The highest BCUT2D eigenvalue weighted by Crippen LogP contribution is 2.38. The third-order valence-electron chi connectivity index (χ3n) is 5.58. The molecule has 5 nitrogen and oxygen atoms in total. The van der Waals surface area contributed by atoms with Crippen molar-refractivity contribution in [1.82, 2.24) is 4.98 Å². The monoisotopic (exact) mass is 441 g/mol. The summed E-state index contributed by atoms with van der Waals surface area (Å²) >= 11 is 0. The number of aromatic nitrogens is 1. The number of halogens is 1. The van der Waals surface area contributed by atoms with Gasteiger partial charge < -0.3 is 14.6 Å². The lowest BCUT2D eigenvalue weighted by atomic mass is 9.87. The van der Waals surface area contributed by atoms with Crippen molar-refractivity contribution in [2.24, 2.45) is 0 Å². The van der Waals surface area contributed by atoms with Gasteiger partial charge in [-0.15, -0.1) is 0 Å². The van der Waals surface area contributed by atoms with E-state index in [1.165, 1.54) is 12.1 Å². The molecule has 1 fully saturated rings. The van der Waals surface area contributed by atoms with Gasteiger partial charge in [0.1, 0.15) is 11.9 Å². The number of esters is 1. The molecule has 172 valence electrons. The molecule has 0 bridgehead atoms. The van der Waals surface area contributed by atoms with Crippen molar-refractivity contribution in [1.29, 1.82) is 0 Å². The van der Waals surface area contributed by atoms with Gasteiger partial charge in [0, 0.05) is 30.4 Å². The quantitative estimate of drug-likeness (QED) is 0.586. The van der Waals surface area contributed by atoms with Gasteiger partial charge in [0.2, 0.25) is 0 Å². The summed E-state index contributed by atoms with van der Waals surface area (Å²) < 4.78 is 24.6. The van der Waals surface area contributed by atoms with Crippen LogP contribution in [0.5, 0.6) is 0 Å². The second-order valence-corrected chi connectivity index (χ2v) is 8.88. The molecular formula is C26H32FNO4. The van der Waals surface area contributed by atoms with Crippen LogP contribution in [0.2, 0.25) is 0 Å². The van der Waals surface area contributed by atoms with Crippen LogP contribution in [0.15, 0.2) is 30.3 Å². The molecule has 1 saturated heterocycles. The Morgan fingerprint density at radius 2 is 1.84 bits per heavy atom. The standard InChI is InChI=1S/C26H32FNO4/c1-15(2)25-21(11-10-20-12-19(29)13-23(30)32-20)24(17-6-8-18(27)9-7-17)22(14-31-5)26(28-25)16(3)4/h6-11,15-16,19-20,29H,12-14H2,1-5H3/b11-10+/t19-,20-/m0/s1. The summed E-state index contributed by atoms with van der Waals surface area (Å²) in [7, 11) is 1.65. The second-order valence-electron chi connectivity index (χ2n) is 8.88. The number of benzene rings is 1. The van der Waals surface area contributed by atoms with Crippen molar-refractivity contribution in [3.05, 3.63) is 58.7 Å². The van der Waals surface area contributed by atoms with Crippen molar-refractivity contribution < 1.29 is 23.8 Å². The number of rotatable bonds is 7. The highest BCUT2D eigenvalue weighted by atomic mass is 19.1. The number of pyridine rings is 1. The molecule has 1 aromatic carbocycles. The van der Waals surface area contributed by atoms with E-state index in [0.29, 0.717) is 13.0 Å². The minimum atomic E-state index is -0.711. The second kappa shape index (κ2) is 10.4. The number of aliphatic hydroxyl groups is 1. The van der Waals surface area contributed by atoms with Crippen LogP contribution < -0.4 is 0 Å². The lowest BCUT2D eigenvalue weighted by Gasteiger charge is -2.25. The molecule has 0 spiro atoms. The summed E-state index contributed by atoms with van der Waals surface area (Å²) in [5.41, 5.74) is 5.51. The van der Waals surface area contributed by atoms with Crippen LogP contribution in [0.3, 0.4) is 0 Å². The molecule has 0 radical (unpaired) electrons. The van der Waals surface area contributed by atoms with Gasteiger partial charge in [0.05, 0.1) is 24.8 Å². The Kier molecular flexibility index (Phi) is 7.80. The van der Waals surface area contributed by atoms with Crippen LogP contribution in [-0.2, 0) is 20.9 Å². The first kappa shape index (κ1) is 24.1.